The van der Waals surface area contributed by atoms with Crippen molar-refractivity contribution in [1.29, 1.82) is 0 Å². The molecule has 0 amide bonds. The predicted molar refractivity (Wildman–Crippen MR) is 65.7 cm³/mol. The lowest BCUT2D eigenvalue weighted by Gasteiger charge is -2.12. The van der Waals surface area contributed by atoms with Crippen LogP contribution in [0.3, 0.4) is 0 Å². The van der Waals surface area contributed by atoms with Crippen LogP contribution in [-0.4, -0.2) is 27.0 Å². The first kappa shape index (κ1) is 14.0. The largest absolute Gasteiger partial charge is 0.465 e. The molecule has 1 aromatic rings. The summed E-state index contributed by atoms with van der Waals surface area (Å²) in [7, 11) is -2.66. The normalized spacial score (nSPS) is 17.0. The van der Waals surface area contributed by atoms with E-state index in [0.717, 1.165) is 38.2 Å². The molecule has 1 aliphatic carbocycles. The van der Waals surface area contributed by atoms with Gasteiger partial charge in [0.15, 0.2) is 0 Å². The molecule has 2 rings (SSSR count). The van der Waals surface area contributed by atoms with Gasteiger partial charge in [0.2, 0.25) is 10.0 Å². The Bertz CT molecular complexity index is 623. The second kappa shape index (κ2) is 4.57. The van der Waals surface area contributed by atoms with Crippen LogP contribution in [0, 0.1) is 5.82 Å². The molecule has 0 aliphatic heterocycles. The molecule has 0 heterocycles. The smallest absolute Gasteiger partial charge is 0.340 e. The molecular weight excluding hydrogens is 273 g/mol. The SMILES string of the molecule is COC(=O)c1cc(S(=O)(=O)NC2(C)CC2)ccc1F. The highest BCUT2D eigenvalue weighted by molar-refractivity contribution is 7.89. The highest BCUT2D eigenvalue weighted by Crippen LogP contribution is 2.36. The molecule has 1 fully saturated rings. The van der Waals surface area contributed by atoms with Gasteiger partial charge in [-0.15, -0.1) is 0 Å². The lowest BCUT2D eigenvalue weighted by Crippen LogP contribution is -2.34. The van der Waals surface area contributed by atoms with E-state index < -0.39 is 32.9 Å². The Labute approximate surface area is 110 Å². The third kappa shape index (κ3) is 2.93. The summed E-state index contributed by atoms with van der Waals surface area (Å²) in [5.74, 6) is -1.73. The molecule has 1 aliphatic rings. The minimum absolute atomic E-state index is 0.151. The molecule has 0 saturated heterocycles. The zero-order valence-electron chi connectivity index (χ0n) is 10.6. The number of benzene rings is 1. The molecule has 0 unspecified atom stereocenters. The first-order valence-electron chi connectivity index (χ1n) is 5.69. The van der Waals surface area contributed by atoms with E-state index in [1.165, 1.54) is 0 Å². The van der Waals surface area contributed by atoms with Gasteiger partial charge in [-0.2, -0.15) is 0 Å². The van der Waals surface area contributed by atoms with Crippen LogP contribution in [0.1, 0.15) is 30.1 Å². The molecule has 0 aromatic heterocycles. The number of sulfonamides is 1. The van der Waals surface area contributed by atoms with Crippen molar-refractivity contribution in [3.63, 3.8) is 0 Å². The summed E-state index contributed by atoms with van der Waals surface area (Å²) in [4.78, 5) is 11.2. The fourth-order valence-corrected chi connectivity index (χ4v) is 3.10. The maximum Gasteiger partial charge on any atom is 0.340 e. The van der Waals surface area contributed by atoms with Gasteiger partial charge in [-0.25, -0.2) is 22.3 Å². The summed E-state index contributed by atoms with van der Waals surface area (Å²) in [6.45, 7) is 1.79. The van der Waals surface area contributed by atoms with Gasteiger partial charge in [-0.05, 0) is 38.0 Å². The van der Waals surface area contributed by atoms with Gasteiger partial charge in [0.05, 0.1) is 17.6 Å². The number of nitrogens with one attached hydrogen (secondary N) is 1. The van der Waals surface area contributed by atoms with Crippen LogP contribution < -0.4 is 4.72 Å². The number of halogens is 1. The third-order valence-electron chi connectivity index (χ3n) is 3.03. The van der Waals surface area contributed by atoms with E-state index >= 15 is 0 Å². The summed E-state index contributed by atoms with van der Waals surface area (Å²) in [6, 6.07) is 3.04. The van der Waals surface area contributed by atoms with E-state index in [0.29, 0.717) is 0 Å². The summed E-state index contributed by atoms with van der Waals surface area (Å²) in [6.07, 6.45) is 1.52. The molecule has 1 aromatic carbocycles. The van der Waals surface area contributed by atoms with Crippen molar-refractivity contribution in [3.05, 3.63) is 29.6 Å². The second-order valence-corrected chi connectivity index (χ2v) is 6.48. The van der Waals surface area contributed by atoms with Crippen molar-refractivity contribution >= 4 is 16.0 Å². The minimum Gasteiger partial charge on any atom is -0.465 e. The molecule has 0 spiro atoms. The van der Waals surface area contributed by atoms with Crippen molar-refractivity contribution in [3.8, 4) is 0 Å². The fraction of sp³-hybridized carbons (Fsp3) is 0.417. The average Bonchev–Trinajstić information content (AvgIpc) is 3.05. The van der Waals surface area contributed by atoms with Crippen LogP contribution in [-0.2, 0) is 14.8 Å². The Kier molecular flexibility index (Phi) is 3.36. The monoisotopic (exact) mass is 287 g/mol. The maximum absolute atomic E-state index is 13.4. The minimum atomic E-state index is -3.76. The Morgan fingerprint density at radius 2 is 2.05 bits per heavy atom. The van der Waals surface area contributed by atoms with Gasteiger partial charge in [0.25, 0.3) is 0 Å². The predicted octanol–water partition coefficient (Wildman–Crippen LogP) is 1.44. The zero-order chi connectivity index (χ0) is 14.3. The Morgan fingerprint density at radius 1 is 1.42 bits per heavy atom. The van der Waals surface area contributed by atoms with E-state index in [2.05, 4.69) is 9.46 Å². The molecule has 1 saturated carbocycles. The second-order valence-electron chi connectivity index (χ2n) is 4.80. The van der Waals surface area contributed by atoms with E-state index in [-0.39, 0.29) is 4.90 Å². The molecule has 0 radical (unpaired) electrons. The summed E-state index contributed by atoms with van der Waals surface area (Å²) in [5, 5.41) is 0. The molecule has 0 bridgehead atoms. The van der Waals surface area contributed by atoms with Gasteiger partial charge in [-0.3, -0.25) is 0 Å². The zero-order valence-corrected chi connectivity index (χ0v) is 11.4. The molecule has 1 N–H and O–H groups in total. The van der Waals surface area contributed by atoms with Crippen molar-refractivity contribution in [1.82, 2.24) is 4.72 Å². The number of ether oxygens (including phenoxy) is 1. The van der Waals surface area contributed by atoms with Crippen LogP contribution in [0.5, 0.6) is 0 Å². The van der Waals surface area contributed by atoms with Crippen molar-refractivity contribution in [2.75, 3.05) is 7.11 Å². The molecule has 104 valence electrons. The number of hydrogen-bond donors (Lipinski definition) is 1. The quantitative estimate of drug-likeness (QED) is 0.851. The number of rotatable bonds is 4. The number of carbonyl (C=O) groups is 1. The maximum atomic E-state index is 13.4. The van der Waals surface area contributed by atoms with Crippen molar-refractivity contribution in [2.24, 2.45) is 0 Å². The topological polar surface area (TPSA) is 72.5 Å². The van der Waals surface area contributed by atoms with Crippen LogP contribution in [0.25, 0.3) is 0 Å². The Balaban J connectivity index is 2.37. The molecule has 0 atom stereocenters. The summed E-state index contributed by atoms with van der Waals surface area (Å²) >= 11 is 0. The highest BCUT2D eigenvalue weighted by atomic mass is 32.2. The van der Waals surface area contributed by atoms with Crippen molar-refractivity contribution < 1.29 is 22.3 Å². The molecule has 7 heteroatoms. The summed E-state index contributed by atoms with van der Waals surface area (Å²) in [5.41, 5.74) is -0.829. The van der Waals surface area contributed by atoms with Gasteiger partial charge < -0.3 is 4.74 Å². The van der Waals surface area contributed by atoms with Gasteiger partial charge in [0, 0.05) is 5.54 Å². The fourth-order valence-electron chi connectivity index (χ4n) is 1.61. The highest BCUT2D eigenvalue weighted by Gasteiger charge is 2.41. The molecule has 19 heavy (non-hydrogen) atoms. The van der Waals surface area contributed by atoms with Gasteiger partial charge in [-0.1, -0.05) is 0 Å². The van der Waals surface area contributed by atoms with Crippen molar-refractivity contribution in [2.45, 2.75) is 30.2 Å². The van der Waals surface area contributed by atoms with Crippen LogP contribution >= 0.6 is 0 Å². The third-order valence-corrected chi connectivity index (χ3v) is 4.67. The van der Waals surface area contributed by atoms with E-state index in [1.807, 2.05) is 0 Å². The number of methoxy groups -OCH3 is 1. The molecule has 5 nitrogen and oxygen atoms in total. The number of hydrogen-bond acceptors (Lipinski definition) is 4. The van der Waals surface area contributed by atoms with Crippen LogP contribution in [0.2, 0.25) is 0 Å². The van der Waals surface area contributed by atoms with Gasteiger partial charge >= 0.3 is 5.97 Å². The van der Waals surface area contributed by atoms with E-state index in [1.54, 1.807) is 6.92 Å². The average molecular weight is 287 g/mol. The Morgan fingerprint density at radius 3 is 2.58 bits per heavy atom. The number of esters is 1. The summed E-state index contributed by atoms with van der Waals surface area (Å²) < 4.78 is 44.5. The first-order valence-corrected chi connectivity index (χ1v) is 7.18. The van der Waals surface area contributed by atoms with Crippen LogP contribution in [0.4, 0.5) is 4.39 Å². The first-order chi connectivity index (χ1) is 8.77. The Hall–Kier alpha value is -1.47. The van der Waals surface area contributed by atoms with E-state index in [4.69, 9.17) is 0 Å². The number of carbonyl (C=O) groups excluding carboxylic acids is 1. The van der Waals surface area contributed by atoms with Crippen LogP contribution in [0.15, 0.2) is 23.1 Å². The lowest BCUT2D eigenvalue weighted by atomic mass is 10.2. The van der Waals surface area contributed by atoms with Gasteiger partial charge in [0.1, 0.15) is 5.82 Å². The van der Waals surface area contributed by atoms with E-state index in [9.17, 15) is 17.6 Å². The lowest BCUT2D eigenvalue weighted by molar-refractivity contribution is 0.0595. The molecular formula is C12H14FNO4S. The standard InChI is InChI=1S/C12H14FNO4S/c1-12(5-6-12)14-19(16,17)8-3-4-10(13)9(7-8)11(15)18-2/h3-4,7,14H,5-6H2,1-2H3.